The molecule has 1 saturated heterocycles. The van der Waals surface area contributed by atoms with Crippen LogP contribution in [0.15, 0.2) is 4.99 Å². The highest BCUT2D eigenvalue weighted by Crippen LogP contribution is 2.23. The fourth-order valence-electron chi connectivity index (χ4n) is 4.46. The second kappa shape index (κ2) is 11.1. The third-order valence-electron chi connectivity index (χ3n) is 6.06. The quantitative estimate of drug-likeness (QED) is 0.347. The van der Waals surface area contributed by atoms with Crippen molar-refractivity contribution in [3.63, 3.8) is 0 Å². The number of nitrogens with zero attached hydrogens (tertiary/aromatic N) is 1. The number of hydrogen-bond acceptors (Lipinski definition) is 3. The Bertz CT molecular complexity index is 541. The van der Waals surface area contributed by atoms with Crippen molar-refractivity contribution >= 4 is 39.8 Å². The van der Waals surface area contributed by atoms with E-state index in [0.29, 0.717) is 24.1 Å². The Morgan fingerprint density at radius 3 is 2.15 bits per heavy atom. The molecule has 1 heterocycles. The first-order chi connectivity index (χ1) is 12.1. The average Bonchev–Trinajstić information content (AvgIpc) is 2.98. The van der Waals surface area contributed by atoms with Crippen molar-refractivity contribution in [3.05, 3.63) is 0 Å². The Balaban J connectivity index is 0.00000243. The molecule has 1 unspecified atom stereocenters. The van der Waals surface area contributed by atoms with Crippen LogP contribution in [-0.2, 0) is 9.84 Å². The average molecular weight is 497 g/mol. The highest BCUT2D eigenvalue weighted by Gasteiger charge is 2.27. The Morgan fingerprint density at radius 2 is 1.54 bits per heavy atom. The molecule has 0 bridgehead atoms. The van der Waals surface area contributed by atoms with Gasteiger partial charge in [-0.15, -0.1) is 24.0 Å². The SMILES string of the molecule is I.O=S1(=O)CCC(CN=C(NCC2CCCCC2)NC2CCCCC2)C1. The van der Waals surface area contributed by atoms with Crippen LogP contribution >= 0.6 is 24.0 Å². The number of guanidine groups is 1. The lowest BCUT2D eigenvalue weighted by molar-refractivity contribution is 0.353. The molecule has 152 valence electrons. The standard InChI is InChI=1S/C19H35N3O2S.HI/c23-25(24)12-11-17(15-25)14-21-19(22-18-9-5-2-6-10-18)20-13-16-7-3-1-4-8-16;/h16-18H,1-15H2,(H2,20,21,22);1H. The van der Waals surface area contributed by atoms with Crippen molar-refractivity contribution in [2.24, 2.45) is 16.8 Å². The number of nitrogens with one attached hydrogen (secondary N) is 2. The maximum absolute atomic E-state index is 11.7. The van der Waals surface area contributed by atoms with E-state index in [1.807, 2.05) is 0 Å². The number of hydrogen-bond donors (Lipinski definition) is 2. The van der Waals surface area contributed by atoms with E-state index < -0.39 is 9.84 Å². The minimum absolute atomic E-state index is 0. The van der Waals surface area contributed by atoms with Crippen LogP contribution in [0.2, 0.25) is 0 Å². The highest BCUT2D eigenvalue weighted by molar-refractivity contribution is 14.0. The van der Waals surface area contributed by atoms with Crippen molar-refractivity contribution in [3.8, 4) is 0 Å². The first-order valence-electron chi connectivity index (χ1n) is 10.4. The van der Waals surface area contributed by atoms with Gasteiger partial charge >= 0.3 is 0 Å². The van der Waals surface area contributed by atoms with E-state index in [2.05, 4.69) is 10.6 Å². The van der Waals surface area contributed by atoms with Crippen molar-refractivity contribution in [1.29, 1.82) is 0 Å². The molecule has 1 atom stereocenters. The van der Waals surface area contributed by atoms with Crippen LogP contribution in [0.5, 0.6) is 0 Å². The molecule has 0 spiro atoms. The molecule has 0 amide bonds. The fraction of sp³-hybridized carbons (Fsp3) is 0.947. The molecule has 26 heavy (non-hydrogen) atoms. The van der Waals surface area contributed by atoms with Crippen LogP contribution in [0.3, 0.4) is 0 Å². The van der Waals surface area contributed by atoms with Crippen LogP contribution in [0.4, 0.5) is 0 Å². The summed E-state index contributed by atoms with van der Waals surface area (Å²) in [6.07, 6.45) is 13.9. The molecule has 0 radical (unpaired) electrons. The number of aliphatic imine (C=N–C) groups is 1. The molecule has 5 nitrogen and oxygen atoms in total. The van der Waals surface area contributed by atoms with E-state index in [0.717, 1.165) is 24.8 Å². The van der Waals surface area contributed by atoms with Crippen molar-refractivity contribution < 1.29 is 8.42 Å². The van der Waals surface area contributed by atoms with Crippen molar-refractivity contribution in [2.45, 2.75) is 76.7 Å². The summed E-state index contributed by atoms with van der Waals surface area (Å²) in [5, 5.41) is 7.20. The minimum atomic E-state index is -2.81. The largest absolute Gasteiger partial charge is 0.356 e. The van der Waals surface area contributed by atoms with Crippen molar-refractivity contribution in [2.75, 3.05) is 24.6 Å². The molecule has 1 aliphatic heterocycles. The van der Waals surface area contributed by atoms with Crippen LogP contribution < -0.4 is 10.6 Å². The Labute approximate surface area is 176 Å². The topological polar surface area (TPSA) is 70.6 Å². The van der Waals surface area contributed by atoms with Gasteiger partial charge in [0, 0.05) is 19.1 Å². The van der Waals surface area contributed by atoms with Gasteiger partial charge < -0.3 is 10.6 Å². The molecule has 2 saturated carbocycles. The molecule has 0 aromatic carbocycles. The number of sulfone groups is 1. The molecule has 7 heteroatoms. The molecule has 3 aliphatic rings. The maximum Gasteiger partial charge on any atom is 0.191 e. The molecular formula is C19H36IN3O2S. The summed E-state index contributed by atoms with van der Waals surface area (Å²) in [5.74, 6) is 2.54. The smallest absolute Gasteiger partial charge is 0.191 e. The fourth-order valence-corrected chi connectivity index (χ4v) is 6.31. The van der Waals surface area contributed by atoms with Gasteiger partial charge in [0.25, 0.3) is 0 Å². The van der Waals surface area contributed by atoms with Gasteiger partial charge in [-0.2, -0.15) is 0 Å². The molecular weight excluding hydrogens is 461 g/mol. The lowest BCUT2D eigenvalue weighted by Gasteiger charge is -2.27. The Kier molecular flexibility index (Phi) is 9.47. The zero-order chi connectivity index (χ0) is 17.5. The van der Waals surface area contributed by atoms with Crippen molar-refractivity contribution in [1.82, 2.24) is 10.6 Å². The third kappa shape index (κ3) is 7.52. The van der Waals surface area contributed by atoms with E-state index >= 15 is 0 Å². The first-order valence-corrected chi connectivity index (χ1v) is 12.2. The van der Waals surface area contributed by atoms with Gasteiger partial charge in [0.15, 0.2) is 15.8 Å². The summed E-state index contributed by atoms with van der Waals surface area (Å²) >= 11 is 0. The zero-order valence-electron chi connectivity index (χ0n) is 15.9. The predicted octanol–water partition coefficient (Wildman–Crippen LogP) is 3.49. The summed E-state index contributed by atoms with van der Waals surface area (Å²) in [6, 6.07) is 0.527. The van der Waals surface area contributed by atoms with Gasteiger partial charge in [-0.3, -0.25) is 4.99 Å². The first kappa shape index (κ1) is 22.2. The molecule has 2 aliphatic carbocycles. The number of rotatable bonds is 5. The molecule has 2 N–H and O–H groups in total. The summed E-state index contributed by atoms with van der Waals surface area (Å²) in [6.45, 7) is 1.63. The zero-order valence-corrected chi connectivity index (χ0v) is 19.1. The minimum Gasteiger partial charge on any atom is -0.356 e. The van der Waals surface area contributed by atoms with E-state index in [4.69, 9.17) is 4.99 Å². The van der Waals surface area contributed by atoms with Crippen LogP contribution in [0.25, 0.3) is 0 Å². The molecule has 0 aromatic heterocycles. The van der Waals surface area contributed by atoms with E-state index in [9.17, 15) is 8.42 Å². The summed E-state index contributed by atoms with van der Waals surface area (Å²) in [4.78, 5) is 4.78. The monoisotopic (exact) mass is 497 g/mol. The van der Waals surface area contributed by atoms with Gasteiger partial charge in [-0.05, 0) is 43.9 Å². The van der Waals surface area contributed by atoms with Crippen LogP contribution in [0, 0.1) is 11.8 Å². The lowest BCUT2D eigenvalue weighted by atomic mass is 9.89. The third-order valence-corrected chi connectivity index (χ3v) is 7.90. The summed E-state index contributed by atoms with van der Waals surface area (Å²) < 4.78 is 23.3. The summed E-state index contributed by atoms with van der Waals surface area (Å²) in [7, 11) is -2.81. The maximum atomic E-state index is 11.7. The normalized spacial score (nSPS) is 27.7. The Morgan fingerprint density at radius 1 is 0.885 bits per heavy atom. The van der Waals surface area contributed by atoms with E-state index in [-0.39, 0.29) is 29.9 Å². The predicted molar refractivity (Wildman–Crippen MR) is 119 cm³/mol. The van der Waals surface area contributed by atoms with Gasteiger partial charge in [-0.25, -0.2) is 8.42 Å². The number of halogens is 1. The summed E-state index contributed by atoms with van der Waals surface area (Å²) in [5.41, 5.74) is 0. The van der Waals surface area contributed by atoms with Crippen LogP contribution in [0.1, 0.15) is 70.6 Å². The van der Waals surface area contributed by atoms with E-state index in [1.165, 1.54) is 64.2 Å². The van der Waals surface area contributed by atoms with Gasteiger partial charge in [0.2, 0.25) is 0 Å². The second-order valence-electron chi connectivity index (χ2n) is 8.32. The highest BCUT2D eigenvalue weighted by atomic mass is 127. The molecule has 3 rings (SSSR count). The van der Waals surface area contributed by atoms with E-state index in [1.54, 1.807) is 0 Å². The lowest BCUT2D eigenvalue weighted by Crippen LogP contribution is -2.46. The van der Waals surface area contributed by atoms with Gasteiger partial charge in [0.1, 0.15) is 0 Å². The molecule has 0 aromatic rings. The van der Waals surface area contributed by atoms with Crippen LogP contribution in [-0.4, -0.2) is 45.0 Å². The second-order valence-corrected chi connectivity index (χ2v) is 10.6. The van der Waals surface area contributed by atoms with Gasteiger partial charge in [0.05, 0.1) is 11.5 Å². The van der Waals surface area contributed by atoms with Gasteiger partial charge in [-0.1, -0.05) is 38.5 Å². The Hall–Kier alpha value is -0.0500. The molecule has 3 fully saturated rings.